The molecule has 2 rings (SSSR count). The maximum Gasteiger partial charge on any atom is 0.0975 e. The van der Waals surface area contributed by atoms with E-state index in [0.29, 0.717) is 5.92 Å². The van der Waals surface area contributed by atoms with Crippen molar-refractivity contribution in [3.8, 4) is 0 Å². The maximum atomic E-state index is 10.3. The molecule has 122 valence electrons. The normalized spacial score (nSPS) is 13.7. The Morgan fingerprint density at radius 2 is 1.35 bits per heavy atom. The van der Waals surface area contributed by atoms with Crippen LogP contribution < -0.4 is 0 Å². The summed E-state index contributed by atoms with van der Waals surface area (Å²) in [6, 6.07) is 16.7. The van der Waals surface area contributed by atoms with Crippen molar-refractivity contribution in [3.05, 3.63) is 76.9 Å². The summed E-state index contributed by atoms with van der Waals surface area (Å²) >= 11 is 0. The predicted octanol–water partition coefficient (Wildman–Crippen LogP) is 5.85. The van der Waals surface area contributed by atoms with Gasteiger partial charge in [0.1, 0.15) is 0 Å². The summed E-state index contributed by atoms with van der Waals surface area (Å²) in [7, 11) is 0. The van der Waals surface area contributed by atoms with Crippen molar-refractivity contribution in [2.75, 3.05) is 0 Å². The van der Waals surface area contributed by atoms with Crippen LogP contribution in [0.4, 0.5) is 0 Å². The topological polar surface area (TPSA) is 20.2 Å². The van der Waals surface area contributed by atoms with Crippen LogP contribution in [0.5, 0.6) is 0 Å². The number of hydrogen-bond acceptors (Lipinski definition) is 1. The van der Waals surface area contributed by atoms with Gasteiger partial charge in [0.15, 0.2) is 0 Å². The standard InChI is InChI=1S/C22H28O/c1-16(2)18-9-11-19(12-10-18)21(23)15-8-17-6-13-20(14-7-17)22(3,4)5/h6-16,21,23H,1-5H3/b15-8+. The largest absolute Gasteiger partial charge is 0.384 e. The van der Waals surface area contributed by atoms with Crippen LogP contribution in [0.1, 0.15) is 68.9 Å². The van der Waals surface area contributed by atoms with Gasteiger partial charge in [0.05, 0.1) is 6.10 Å². The smallest absolute Gasteiger partial charge is 0.0975 e. The molecule has 2 aromatic rings. The molecule has 23 heavy (non-hydrogen) atoms. The van der Waals surface area contributed by atoms with E-state index in [1.165, 1.54) is 11.1 Å². The molecule has 1 atom stereocenters. The van der Waals surface area contributed by atoms with Gasteiger partial charge in [0, 0.05) is 0 Å². The third kappa shape index (κ3) is 4.80. The molecule has 0 bridgehead atoms. The minimum absolute atomic E-state index is 0.167. The molecule has 0 aliphatic carbocycles. The molecule has 1 heteroatoms. The molecule has 0 saturated carbocycles. The lowest BCUT2D eigenvalue weighted by Crippen LogP contribution is -2.10. The molecule has 0 radical (unpaired) electrons. The van der Waals surface area contributed by atoms with Gasteiger partial charge in [-0.3, -0.25) is 0 Å². The second-order valence-corrected chi connectivity index (χ2v) is 7.50. The van der Waals surface area contributed by atoms with Crippen LogP contribution in [0.2, 0.25) is 0 Å². The summed E-state index contributed by atoms with van der Waals surface area (Å²) < 4.78 is 0. The average molecular weight is 308 g/mol. The highest BCUT2D eigenvalue weighted by atomic mass is 16.3. The van der Waals surface area contributed by atoms with E-state index in [4.69, 9.17) is 0 Å². The number of benzene rings is 2. The van der Waals surface area contributed by atoms with Crippen LogP contribution in [-0.2, 0) is 5.41 Å². The van der Waals surface area contributed by atoms with E-state index in [9.17, 15) is 5.11 Å². The molecule has 0 aliphatic rings. The Bertz CT molecular complexity index is 640. The summed E-state index contributed by atoms with van der Waals surface area (Å²) in [5.41, 5.74) is 4.81. The molecule has 1 nitrogen and oxygen atoms in total. The van der Waals surface area contributed by atoms with Crippen molar-refractivity contribution in [3.63, 3.8) is 0 Å². The Morgan fingerprint density at radius 3 is 1.83 bits per heavy atom. The first-order valence-electron chi connectivity index (χ1n) is 8.34. The summed E-state index contributed by atoms with van der Waals surface area (Å²) in [6.07, 6.45) is 3.25. The number of rotatable bonds is 4. The van der Waals surface area contributed by atoms with Gasteiger partial charge in [-0.25, -0.2) is 0 Å². The second-order valence-electron chi connectivity index (χ2n) is 7.50. The van der Waals surface area contributed by atoms with Gasteiger partial charge in [-0.15, -0.1) is 0 Å². The molecule has 0 fully saturated rings. The fourth-order valence-electron chi connectivity index (χ4n) is 2.49. The monoisotopic (exact) mass is 308 g/mol. The zero-order valence-electron chi connectivity index (χ0n) is 14.9. The van der Waals surface area contributed by atoms with Crippen LogP contribution >= 0.6 is 0 Å². The van der Waals surface area contributed by atoms with Gasteiger partial charge in [-0.05, 0) is 33.6 Å². The summed E-state index contributed by atoms with van der Waals surface area (Å²) in [5.74, 6) is 0.512. The summed E-state index contributed by atoms with van der Waals surface area (Å²) in [6.45, 7) is 11.0. The summed E-state index contributed by atoms with van der Waals surface area (Å²) in [5, 5.41) is 10.3. The van der Waals surface area contributed by atoms with Crippen LogP contribution in [0.15, 0.2) is 54.6 Å². The number of hydrogen-bond donors (Lipinski definition) is 1. The van der Waals surface area contributed by atoms with Crippen molar-refractivity contribution >= 4 is 6.08 Å². The lowest BCUT2D eigenvalue weighted by atomic mass is 9.87. The first kappa shape index (κ1) is 17.5. The zero-order chi connectivity index (χ0) is 17.0. The maximum absolute atomic E-state index is 10.3. The molecule has 2 aromatic carbocycles. The van der Waals surface area contributed by atoms with Gasteiger partial charge < -0.3 is 5.11 Å². The first-order chi connectivity index (χ1) is 10.8. The van der Waals surface area contributed by atoms with Gasteiger partial charge in [-0.1, -0.05) is 95.3 Å². The van der Waals surface area contributed by atoms with E-state index in [1.54, 1.807) is 0 Å². The highest BCUT2D eigenvalue weighted by Crippen LogP contribution is 2.23. The van der Waals surface area contributed by atoms with Gasteiger partial charge in [-0.2, -0.15) is 0 Å². The van der Waals surface area contributed by atoms with Crippen molar-refractivity contribution < 1.29 is 5.11 Å². The number of aliphatic hydroxyl groups excluding tert-OH is 1. The Labute approximate surface area is 140 Å². The van der Waals surface area contributed by atoms with E-state index < -0.39 is 6.10 Å². The van der Waals surface area contributed by atoms with E-state index in [1.807, 2.05) is 24.3 Å². The molecular weight excluding hydrogens is 280 g/mol. The van der Waals surface area contributed by atoms with E-state index in [-0.39, 0.29) is 5.41 Å². The quantitative estimate of drug-likeness (QED) is 0.750. The third-order valence-corrected chi connectivity index (χ3v) is 4.19. The zero-order valence-corrected chi connectivity index (χ0v) is 14.9. The molecule has 0 amide bonds. The Balaban J connectivity index is 2.07. The highest BCUT2D eigenvalue weighted by molar-refractivity contribution is 5.51. The van der Waals surface area contributed by atoms with E-state index >= 15 is 0 Å². The average Bonchev–Trinajstić information content (AvgIpc) is 2.52. The number of aliphatic hydroxyl groups is 1. The molecule has 1 unspecified atom stereocenters. The Kier molecular flexibility index (Phi) is 5.43. The van der Waals surface area contributed by atoms with Gasteiger partial charge >= 0.3 is 0 Å². The van der Waals surface area contributed by atoms with Crippen LogP contribution in [0.3, 0.4) is 0 Å². The van der Waals surface area contributed by atoms with Crippen molar-refractivity contribution in [1.29, 1.82) is 0 Å². The van der Waals surface area contributed by atoms with Crippen molar-refractivity contribution in [2.45, 2.75) is 52.1 Å². The van der Waals surface area contributed by atoms with Crippen molar-refractivity contribution in [2.24, 2.45) is 0 Å². The molecule has 0 saturated heterocycles. The molecule has 0 aromatic heterocycles. The molecule has 0 heterocycles. The lowest BCUT2D eigenvalue weighted by molar-refractivity contribution is 0.229. The lowest BCUT2D eigenvalue weighted by Gasteiger charge is -2.18. The molecule has 0 spiro atoms. The SMILES string of the molecule is CC(C)c1ccc(C(O)/C=C/c2ccc(C(C)(C)C)cc2)cc1. The van der Waals surface area contributed by atoms with E-state index in [0.717, 1.165) is 11.1 Å². The molecular formula is C22H28O. The minimum Gasteiger partial charge on any atom is -0.384 e. The summed E-state index contributed by atoms with van der Waals surface area (Å²) in [4.78, 5) is 0. The molecule has 0 aliphatic heterocycles. The fourth-order valence-corrected chi connectivity index (χ4v) is 2.49. The highest BCUT2D eigenvalue weighted by Gasteiger charge is 2.12. The third-order valence-electron chi connectivity index (χ3n) is 4.19. The first-order valence-corrected chi connectivity index (χ1v) is 8.34. The minimum atomic E-state index is -0.571. The van der Waals surface area contributed by atoms with Crippen molar-refractivity contribution in [1.82, 2.24) is 0 Å². The Morgan fingerprint density at radius 1 is 0.826 bits per heavy atom. The van der Waals surface area contributed by atoms with Crippen LogP contribution in [-0.4, -0.2) is 5.11 Å². The fraction of sp³-hybridized carbons (Fsp3) is 0.364. The predicted molar refractivity (Wildman–Crippen MR) is 99.7 cm³/mol. The molecule has 1 N–H and O–H groups in total. The van der Waals surface area contributed by atoms with Gasteiger partial charge in [0.2, 0.25) is 0 Å². The van der Waals surface area contributed by atoms with E-state index in [2.05, 4.69) is 71.0 Å². The van der Waals surface area contributed by atoms with Crippen LogP contribution in [0, 0.1) is 0 Å². The van der Waals surface area contributed by atoms with Gasteiger partial charge in [0.25, 0.3) is 0 Å². The van der Waals surface area contributed by atoms with Crippen LogP contribution in [0.25, 0.3) is 6.08 Å². The second kappa shape index (κ2) is 7.14. The Hall–Kier alpha value is -1.86.